The molecule has 2 rings (SSSR count). The van der Waals surface area contributed by atoms with E-state index in [2.05, 4.69) is 42.1 Å². The van der Waals surface area contributed by atoms with Crippen LogP contribution in [-0.4, -0.2) is 22.9 Å². The molecular weight excluding hydrogens is 186 g/mol. The van der Waals surface area contributed by atoms with Gasteiger partial charge in [0.05, 0.1) is 0 Å². The molecule has 1 fully saturated rings. The Labute approximate surface area is 91.9 Å². The number of hydrogen-bond acceptors (Lipinski definition) is 2. The van der Waals surface area contributed by atoms with Gasteiger partial charge in [-0.15, -0.1) is 0 Å². The molecule has 0 bridgehead atoms. The third-order valence-corrected chi connectivity index (χ3v) is 3.86. The lowest BCUT2D eigenvalue weighted by Crippen LogP contribution is -2.29. The van der Waals surface area contributed by atoms with E-state index in [-0.39, 0.29) is 0 Å². The van der Waals surface area contributed by atoms with Crippen LogP contribution in [0.1, 0.15) is 38.3 Å². The molecule has 15 heavy (non-hydrogen) atoms. The number of hydrogen-bond donors (Lipinski definition) is 1. The van der Waals surface area contributed by atoms with E-state index in [1.165, 1.54) is 18.5 Å². The Morgan fingerprint density at radius 2 is 2.33 bits per heavy atom. The van der Waals surface area contributed by atoms with Crippen molar-refractivity contribution in [3.05, 3.63) is 18.0 Å². The minimum Gasteiger partial charge on any atom is -0.317 e. The largest absolute Gasteiger partial charge is 0.317 e. The van der Waals surface area contributed by atoms with Gasteiger partial charge in [0, 0.05) is 30.4 Å². The molecule has 1 aliphatic carbocycles. The Bertz CT molecular complexity index is 318. The van der Waals surface area contributed by atoms with Crippen molar-refractivity contribution in [3.8, 4) is 0 Å². The summed E-state index contributed by atoms with van der Waals surface area (Å²) >= 11 is 0. The van der Waals surface area contributed by atoms with Gasteiger partial charge in [0.15, 0.2) is 0 Å². The summed E-state index contributed by atoms with van der Waals surface area (Å²) in [5.41, 5.74) is 1.42. The molecular formula is C12H21N3. The minimum absolute atomic E-state index is 0.676. The number of rotatable bonds is 3. The normalized spacial score (nSPS) is 31.0. The summed E-state index contributed by atoms with van der Waals surface area (Å²) in [4.78, 5) is 0. The van der Waals surface area contributed by atoms with Gasteiger partial charge < -0.3 is 5.32 Å². The van der Waals surface area contributed by atoms with Crippen LogP contribution in [0.5, 0.6) is 0 Å². The van der Waals surface area contributed by atoms with E-state index in [4.69, 9.17) is 0 Å². The lowest BCUT2D eigenvalue weighted by atomic mass is 9.92. The van der Waals surface area contributed by atoms with Crippen LogP contribution < -0.4 is 5.32 Å². The van der Waals surface area contributed by atoms with E-state index >= 15 is 0 Å². The Balaban J connectivity index is 2.18. The molecule has 1 N–H and O–H groups in total. The molecule has 1 aromatic rings. The van der Waals surface area contributed by atoms with Gasteiger partial charge in [-0.05, 0) is 38.8 Å². The van der Waals surface area contributed by atoms with Crippen LogP contribution in [0.3, 0.4) is 0 Å². The highest BCUT2D eigenvalue weighted by molar-refractivity contribution is 5.13. The van der Waals surface area contributed by atoms with Crippen LogP contribution in [-0.2, 0) is 6.54 Å². The number of aryl methyl sites for hydroxylation is 1. The maximum absolute atomic E-state index is 4.36. The zero-order valence-corrected chi connectivity index (χ0v) is 9.90. The summed E-state index contributed by atoms with van der Waals surface area (Å²) in [5, 5.41) is 7.77. The second-order valence-corrected chi connectivity index (χ2v) is 4.51. The molecule has 0 saturated heterocycles. The predicted molar refractivity (Wildman–Crippen MR) is 61.9 cm³/mol. The van der Waals surface area contributed by atoms with Crippen molar-refractivity contribution < 1.29 is 0 Å². The molecule has 1 heterocycles. The Kier molecular flexibility index (Phi) is 3.10. The maximum atomic E-state index is 4.36. The van der Waals surface area contributed by atoms with E-state index < -0.39 is 0 Å². The van der Waals surface area contributed by atoms with Crippen LogP contribution in [0.2, 0.25) is 0 Å². The molecule has 0 aliphatic heterocycles. The van der Waals surface area contributed by atoms with Gasteiger partial charge in [-0.2, -0.15) is 5.10 Å². The second kappa shape index (κ2) is 4.35. The summed E-state index contributed by atoms with van der Waals surface area (Å²) in [6, 6.07) is 2.86. The summed E-state index contributed by atoms with van der Waals surface area (Å²) in [6.45, 7) is 5.49. The van der Waals surface area contributed by atoms with E-state index in [9.17, 15) is 0 Å². The summed E-state index contributed by atoms with van der Waals surface area (Å²) < 4.78 is 2.14. The van der Waals surface area contributed by atoms with Gasteiger partial charge in [-0.3, -0.25) is 4.68 Å². The van der Waals surface area contributed by atoms with Gasteiger partial charge in [-0.1, -0.05) is 6.92 Å². The van der Waals surface area contributed by atoms with Gasteiger partial charge in [0.25, 0.3) is 0 Å². The average molecular weight is 207 g/mol. The maximum Gasteiger partial charge on any atom is 0.0492 e. The van der Waals surface area contributed by atoms with Crippen molar-refractivity contribution in [1.82, 2.24) is 15.1 Å². The Hall–Kier alpha value is -0.830. The van der Waals surface area contributed by atoms with Crippen LogP contribution in [0.15, 0.2) is 12.3 Å². The van der Waals surface area contributed by atoms with Gasteiger partial charge in [0.2, 0.25) is 0 Å². The monoisotopic (exact) mass is 207 g/mol. The second-order valence-electron chi connectivity index (χ2n) is 4.51. The molecule has 0 spiro atoms. The fourth-order valence-corrected chi connectivity index (χ4v) is 2.91. The Morgan fingerprint density at radius 3 is 2.93 bits per heavy atom. The number of aromatic nitrogens is 2. The van der Waals surface area contributed by atoms with E-state index in [0.717, 1.165) is 12.5 Å². The van der Waals surface area contributed by atoms with E-state index in [0.29, 0.717) is 12.0 Å². The van der Waals surface area contributed by atoms with Crippen LogP contribution in [0.4, 0.5) is 0 Å². The Morgan fingerprint density at radius 1 is 1.53 bits per heavy atom. The highest BCUT2D eigenvalue weighted by Gasteiger charge is 2.34. The molecule has 1 aliphatic rings. The van der Waals surface area contributed by atoms with Crippen molar-refractivity contribution in [2.24, 2.45) is 5.92 Å². The lowest BCUT2D eigenvalue weighted by molar-refractivity contribution is 0.412. The summed E-state index contributed by atoms with van der Waals surface area (Å²) in [5.74, 6) is 1.40. The average Bonchev–Trinajstić information content (AvgIpc) is 2.83. The smallest absolute Gasteiger partial charge is 0.0492 e. The zero-order chi connectivity index (χ0) is 10.8. The zero-order valence-electron chi connectivity index (χ0n) is 9.90. The highest BCUT2D eigenvalue weighted by Crippen LogP contribution is 2.39. The first-order valence-electron chi connectivity index (χ1n) is 5.97. The molecule has 0 aromatic carbocycles. The SMILES string of the molecule is CCn1nccc1C1CCC(NC)C1C. The van der Waals surface area contributed by atoms with E-state index in [1.54, 1.807) is 0 Å². The molecule has 0 amide bonds. The molecule has 3 heteroatoms. The molecule has 3 nitrogen and oxygen atoms in total. The van der Waals surface area contributed by atoms with Crippen molar-refractivity contribution >= 4 is 0 Å². The predicted octanol–water partition coefficient (Wildman–Crippen LogP) is 2.00. The third kappa shape index (κ3) is 1.81. The first-order chi connectivity index (χ1) is 7.27. The third-order valence-electron chi connectivity index (χ3n) is 3.86. The minimum atomic E-state index is 0.676. The van der Waals surface area contributed by atoms with Crippen LogP contribution >= 0.6 is 0 Å². The first kappa shape index (κ1) is 10.7. The number of nitrogens with one attached hydrogen (secondary N) is 1. The number of nitrogens with zero attached hydrogens (tertiary/aromatic N) is 2. The quantitative estimate of drug-likeness (QED) is 0.821. The topological polar surface area (TPSA) is 29.9 Å². The fraction of sp³-hybridized carbons (Fsp3) is 0.750. The molecule has 1 saturated carbocycles. The summed E-state index contributed by atoms with van der Waals surface area (Å²) in [6.07, 6.45) is 4.51. The van der Waals surface area contributed by atoms with Crippen molar-refractivity contribution in [1.29, 1.82) is 0 Å². The van der Waals surface area contributed by atoms with Crippen LogP contribution in [0.25, 0.3) is 0 Å². The van der Waals surface area contributed by atoms with Gasteiger partial charge in [0.1, 0.15) is 0 Å². The molecule has 3 unspecified atom stereocenters. The molecule has 3 atom stereocenters. The summed E-state index contributed by atoms with van der Waals surface area (Å²) in [7, 11) is 2.07. The van der Waals surface area contributed by atoms with Crippen molar-refractivity contribution in [3.63, 3.8) is 0 Å². The first-order valence-corrected chi connectivity index (χ1v) is 5.97. The highest BCUT2D eigenvalue weighted by atomic mass is 15.3. The fourth-order valence-electron chi connectivity index (χ4n) is 2.91. The van der Waals surface area contributed by atoms with E-state index in [1.807, 2.05) is 6.20 Å². The van der Waals surface area contributed by atoms with Gasteiger partial charge in [-0.25, -0.2) is 0 Å². The molecule has 1 aromatic heterocycles. The van der Waals surface area contributed by atoms with Gasteiger partial charge >= 0.3 is 0 Å². The van der Waals surface area contributed by atoms with Crippen molar-refractivity contribution in [2.45, 2.75) is 45.2 Å². The van der Waals surface area contributed by atoms with Crippen molar-refractivity contribution in [2.75, 3.05) is 7.05 Å². The lowest BCUT2D eigenvalue weighted by Gasteiger charge is -2.20. The molecule has 84 valence electrons. The molecule has 0 radical (unpaired) electrons. The van der Waals surface area contributed by atoms with Crippen LogP contribution in [0, 0.1) is 5.92 Å². The standard InChI is InChI=1S/C12H21N3/c1-4-15-12(7-8-14-15)10-5-6-11(13-3)9(10)2/h7-11,13H,4-6H2,1-3H3.